The molecular formula is C47H54N12O9. The Balaban J connectivity index is 1.21. The van der Waals surface area contributed by atoms with Crippen molar-refractivity contribution in [1.29, 1.82) is 0 Å². The molecule has 4 amide bonds. The first-order valence-corrected chi connectivity index (χ1v) is 22.0. The van der Waals surface area contributed by atoms with Crippen molar-refractivity contribution in [3.8, 4) is 23.3 Å². The summed E-state index contributed by atoms with van der Waals surface area (Å²) in [5.74, 6) is 4.16. The summed E-state index contributed by atoms with van der Waals surface area (Å²) in [4.78, 5) is 75.6. The van der Waals surface area contributed by atoms with Gasteiger partial charge >= 0.3 is 12.1 Å². The van der Waals surface area contributed by atoms with Crippen LogP contribution in [0.2, 0.25) is 0 Å². The average molecular weight is 931 g/mol. The van der Waals surface area contributed by atoms with Crippen molar-refractivity contribution >= 4 is 63.7 Å². The number of carboxylic acids is 1. The predicted molar refractivity (Wildman–Crippen MR) is 251 cm³/mol. The van der Waals surface area contributed by atoms with Crippen LogP contribution in [0.1, 0.15) is 94.1 Å². The summed E-state index contributed by atoms with van der Waals surface area (Å²) in [7, 11) is 1.41. The van der Waals surface area contributed by atoms with E-state index in [0.717, 1.165) is 0 Å². The number of likely N-dealkylation sites (tertiary alicyclic amines) is 1. The molecule has 68 heavy (non-hydrogen) atoms. The minimum absolute atomic E-state index is 0.0562. The highest BCUT2D eigenvalue weighted by atomic mass is 16.6. The van der Waals surface area contributed by atoms with E-state index in [-0.39, 0.29) is 71.7 Å². The number of nitrogens with one attached hydrogen (secondary N) is 2. The molecule has 1 aliphatic heterocycles. The number of allylic oxidation sites excluding steroid dienone is 2. The molecule has 1 saturated heterocycles. The van der Waals surface area contributed by atoms with E-state index in [1.165, 1.54) is 31.4 Å². The molecule has 5 N–H and O–H groups in total. The number of ether oxygens (including phenoxy) is 3. The molecule has 0 atom stereocenters. The fourth-order valence-corrected chi connectivity index (χ4v) is 7.72. The minimum atomic E-state index is -1.18. The van der Waals surface area contributed by atoms with Gasteiger partial charge in [-0.15, -0.1) is 0 Å². The molecule has 0 saturated carbocycles. The lowest BCUT2D eigenvalue weighted by Gasteiger charge is -2.39. The fraction of sp³-hybridized carbons (Fsp3) is 0.383. The molecule has 21 nitrogen and oxygen atoms in total. The number of aromatic nitrogens is 8. The van der Waals surface area contributed by atoms with Crippen molar-refractivity contribution in [1.82, 2.24) is 43.6 Å². The molecule has 4 aromatic heterocycles. The second-order valence-electron chi connectivity index (χ2n) is 17.1. The summed E-state index contributed by atoms with van der Waals surface area (Å²) in [6.45, 7) is 14.8. The first kappa shape index (κ1) is 47.8. The zero-order chi connectivity index (χ0) is 49.0. The number of benzene rings is 2. The maximum Gasteiger partial charge on any atom is 0.410 e. The van der Waals surface area contributed by atoms with Gasteiger partial charge in [-0.05, 0) is 84.9 Å². The molecule has 5 heterocycles. The fourth-order valence-electron chi connectivity index (χ4n) is 7.72. The lowest BCUT2D eigenvalue weighted by molar-refractivity contribution is -0.000280. The molecule has 0 aliphatic carbocycles. The Morgan fingerprint density at radius 2 is 1.31 bits per heavy atom. The third-order valence-electron chi connectivity index (χ3n) is 10.9. The molecule has 7 rings (SSSR count). The molecule has 0 radical (unpaired) electrons. The normalized spacial score (nSPS) is 12.8. The number of rotatable bonds is 16. The summed E-state index contributed by atoms with van der Waals surface area (Å²) in [5, 5.41) is 24.4. The molecule has 0 unspecified atom stereocenters. The standard InChI is InChI=1S/C47H54N12O9/c1-9-58-34(19-27(3)53-58)41(61)51-44-50-33-22-31(43(63)64)24-36(66-8)38(33)56(44)16-12-13-17-57-39-32(49-45(57)52-42(62)35-20-28(4)54-59(35)10-2)21-30(40(48)60)23-37(39)67-18-14-11-15-29-25-55(26-29)46(65)68-47(5,6)7/h12-13,19-24,29H,9-10,15-18,25-26H2,1-8H3,(H2,48,60)(H,63,64)(H,49,52,62)(H,50,51,61)/b13-12+. The van der Waals surface area contributed by atoms with E-state index in [1.807, 2.05) is 34.6 Å². The first-order chi connectivity index (χ1) is 32.4. The maximum atomic E-state index is 13.9. The van der Waals surface area contributed by atoms with Crippen molar-refractivity contribution in [2.75, 3.05) is 37.4 Å². The SMILES string of the molecule is CCn1nc(C)cc1C(=O)Nc1nc2cc(C(=O)O)cc(OC)c2n1C/C=C/Cn1c(NC(=O)c2cc(C)nn2CC)nc2cc(C(N)=O)cc(OCC#CCC3CN(C(=O)OC(C)(C)C)C3)c21. The number of primary amides is 1. The highest BCUT2D eigenvalue weighted by Crippen LogP contribution is 2.33. The van der Waals surface area contributed by atoms with E-state index in [1.54, 1.807) is 61.5 Å². The Morgan fingerprint density at radius 3 is 1.79 bits per heavy atom. The second kappa shape index (κ2) is 19.8. The predicted octanol–water partition coefficient (Wildman–Crippen LogP) is 5.64. The summed E-state index contributed by atoms with van der Waals surface area (Å²) in [5.41, 5.74) is 8.59. The van der Waals surface area contributed by atoms with E-state index in [9.17, 15) is 29.1 Å². The van der Waals surface area contributed by atoms with Crippen LogP contribution in [0.3, 0.4) is 0 Å². The number of hydrogen-bond acceptors (Lipinski definition) is 12. The molecule has 0 spiro atoms. The summed E-state index contributed by atoms with van der Waals surface area (Å²) in [6.07, 6.45) is 3.76. The summed E-state index contributed by atoms with van der Waals surface area (Å²) in [6, 6.07) is 9.11. The van der Waals surface area contributed by atoms with Crippen LogP contribution in [-0.2, 0) is 30.9 Å². The van der Waals surface area contributed by atoms with Crippen LogP contribution in [0.25, 0.3) is 22.1 Å². The number of carboxylic acid groups (broad SMARTS) is 1. The van der Waals surface area contributed by atoms with Gasteiger partial charge < -0.3 is 39.1 Å². The zero-order valence-electron chi connectivity index (χ0n) is 39.2. The highest BCUT2D eigenvalue weighted by molar-refractivity contribution is 6.05. The number of carbonyl (C=O) groups is 5. The molecule has 2 aromatic carbocycles. The number of aromatic carboxylic acids is 1. The average Bonchev–Trinajstić information content (AvgIpc) is 4.03. The van der Waals surface area contributed by atoms with Gasteiger partial charge in [0, 0.05) is 57.2 Å². The van der Waals surface area contributed by atoms with Gasteiger partial charge in [0.25, 0.3) is 11.8 Å². The molecule has 0 bridgehead atoms. The molecular weight excluding hydrogens is 877 g/mol. The number of anilines is 2. The summed E-state index contributed by atoms with van der Waals surface area (Å²) >= 11 is 0. The van der Waals surface area contributed by atoms with Gasteiger partial charge in [0.05, 0.1) is 35.1 Å². The van der Waals surface area contributed by atoms with E-state index < -0.39 is 29.3 Å². The molecule has 1 fully saturated rings. The summed E-state index contributed by atoms with van der Waals surface area (Å²) < 4.78 is 23.9. The number of hydrogen-bond donors (Lipinski definition) is 4. The van der Waals surface area contributed by atoms with Gasteiger partial charge in [-0.3, -0.25) is 34.4 Å². The maximum absolute atomic E-state index is 13.9. The van der Waals surface area contributed by atoms with E-state index in [4.69, 9.17) is 24.9 Å². The van der Waals surface area contributed by atoms with Gasteiger partial charge in [0.15, 0.2) is 0 Å². The number of nitrogens with zero attached hydrogens (tertiary/aromatic N) is 9. The smallest absolute Gasteiger partial charge is 0.410 e. The Labute approximate surface area is 391 Å². The second-order valence-corrected chi connectivity index (χ2v) is 17.1. The van der Waals surface area contributed by atoms with Gasteiger partial charge in [0.2, 0.25) is 17.8 Å². The van der Waals surface area contributed by atoms with E-state index in [2.05, 4.69) is 37.7 Å². The van der Waals surface area contributed by atoms with E-state index in [0.29, 0.717) is 71.9 Å². The molecule has 6 aromatic rings. The van der Waals surface area contributed by atoms with E-state index >= 15 is 0 Å². The number of nitrogens with two attached hydrogens (primary N) is 1. The van der Waals surface area contributed by atoms with Crippen LogP contribution < -0.4 is 25.8 Å². The lowest BCUT2D eigenvalue weighted by Crippen LogP contribution is -2.51. The first-order valence-electron chi connectivity index (χ1n) is 22.0. The van der Waals surface area contributed by atoms with Crippen LogP contribution in [0.15, 0.2) is 48.6 Å². The Hall–Kier alpha value is -8.15. The van der Waals surface area contributed by atoms with Crippen molar-refractivity contribution in [2.24, 2.45) is 11.7 Å². The van der Waals surface area contributed by atoms with Crippen LogP contribution in [0.4, 0.5) is 16.7 Å². The van der Waals surface area contributed by atoms with Crippen molar-refractivity contribution < 1.29 is 43.3 Å². The van der Waals surface area contributed by atoms with Gasteiger partial charge in [0.1, 0.15) is 46.1 Å². The molecule has 21 heteroatoms. The van der Waals surface area contributed by atoms with Gasteiger partial charge in [-0.1, -0.05) is 24.0 Å². The number of imidazole rings is 2. The van der Waals surface area contributed by atoms with Crippen LogP contribution in [0, 0.1) is 31.6 Å². The van der Waals surface area contributed by atoms with Crippen LogP contribution in [-0.4, -0.2) is 111 Å². The number of fused-ring (bicyclic) bond motifs is 2. The monoisotopic (exact) mass is 930 g/mol. The highest BCUT2D eigenvalue weighted by Gasteiger charge is 2.33. The Bertz CT molecular complexity index is 3040. The van der Waals surface area contributed by atoms with Crippen molar-refractivity contribution in [2.45, 2.75) is 86.7 Å². The van der Waals surface area contributed by atoms with Gasteiger partial charge in [-0.2, -0.15) is 10.2 Å². The minimum Gasteiger partial charge on any atom is -0.494 e. The van der Waals surface area contributed by atoms with Crippen molar-refractivity contribution in [3.05, 3.63) is 82.5 Å². The largest absolute Gasteiger partial charge is 0.494 e. The molecule has 356 valence electrons. The third kappa shape index (κ3) is 10.4. The van der Waals surface area contributed by atoms with Crippen LogP contribution >= 0.6 is 0 Å². The number of aryl methyl sites for hydroxylation is 4. The van der Waals surface area contributed by atoms with Crippen LogP contribution in [0.5, 0.6) is 11.5 Å². The zero-order valence-corrected chi connectivity index (χ0v) is 39.2. The van der Waals surface area contributed by atoms with Crippen molar-refractivity contribution in [3.63, 3.8) is 0 Å². The molecule has 1 aliphatic rings. The number of amides is 4. The number of methoxy groups -OCH3 is 1. The lowest BCUT2D eigenvalue weighted by atomic mass is 9.97. The topological polar surface area (TPSA) is 258 Å². The Kier molecular flexibility index (Phi) is 13.9. The quantitative estimate of drug-likeness (QED) is 0.0678. The Morgan fingerprint density at radius 1 is 0.794 bits per heavy atom. The number of carbonyl (C=O) groups excluding carboxylic acids is 4. The third-order valence-corrected chi connectivity index (χ3v) is 10.9. The van der Waals surface area contributed by atoms with Gasteiger partial charge in [-0.25, -0.2) is 19.6 Å².